The molecule has 1 aliphatic rings. The Morgan fingerprint density at radius 1 is 1.29 bits per heavy atom. The third kappa shape index (κ3) is 2.63. The molecule has 1 aromatic carbocycles. The van der Waals surface area contributed by atoms with Gasteiger partial charge in [-0.05, 0) is 36.5 Å². The zero-order valence-corrected chi connectivity index (χ0v) is 10.8. The molecule has 0 aliphatic heterocycles. The first kappa shape index (κ1) is 12.4. The Kier molecular flexibility index (Phi) is 3.72. The van der Waals surface area contributed by atoms with E-state index in [0.29, 0.717) is 5.92 Å². The van der Waals surface area contributed by atoms with Crippen LogP contribution in [0.15, 0.2) is 24.3 Å². The summed E-state index contributed by atoms with van der Waals surface area (Å²) in [6.45, 7) is 5.06. The van der Waals surface area contributed by atoms with Crippen molar-refractivity contribution in [2.45, 2.75) is 45.1 Å². The van der Waals surface area contributed by atoms with E-state index in [4.69, 9.17) is 4.74 Å². The molecule has 0 radical (unpaired) electrons. The lowest BCUT2D eigenvalue weighted by Crippen LogP contribution is -2.08. The zero-order chi connectivity index (χ0) is 12.3. The van der Waals surface area contributed by atoms with E-state index >= 15 is 0 Å². The van der Waals surface area contributed by atoms with Gasteiger partial charge in [0.15, 0.2) is 0 Å². The topological polar surface area (TPSA) is 29.5 Å². The van der Waals surface area contributed by atoms with E-state index in [9.17, 15) is 5.11 Å². The fourth-order valence-electron chi connectivity index (χ4n) is 2.33. The monoisotopic (exact) mass is 234 g/mol. The smallest absolute Gasteiger partial charge is 0.119 e. The predicted molar refractivity (Wildman–Crippen MR) is 69.1 cm³/mol. The second-order valence-corrected chi connectivity index (χ2v) is 4.96. The zero-order valence-electron chi connectivity index (χ0n) is 10.8. The summed E-state index contributed by atoms with van der Waals surface area (Å²) in [6, 6.07) is 7.93. The molecular formula is C15H22O2. The van der Waals surface area contributed by atoms with Gasteiger partial charge in [-0.2, -0.15) is 0 Å². The number of rotatable bonds is 6. The maximum Gasteiger partial charge on any atom is 0.119 e. The second-order valence-electron chi connectivity index (χ2n) is 4.96. The predicted octanol–water partition coefficient (Wildman–Crippen LogP) is 3.48. The van der Waals surface area contributed by atoms with Crippen molar-refractivity contribution in [3.05, 3.63) is 29.8 Å². The van der Waals surface area contributed by atoms with E-state index in [1.54, 1.807) is 0 Å². The summed E-state index contributed by atoms with van der Waals surface area (Å²) in [5.41, 5.74) is 0.476. The van der Waals surface area contributed by atoms with Gasteiger partial charge < -0.3 is 9.84 Å². The summed E-state index contributed by atoms with van der Waals surface area (Å²) in [7, 11) is 0. The van der Waals surface area contributed by atoms with Crippen molar-refractivity contribution < 1.29 is 9.84 Å². The van der Waals surface area contributed by atoms with Crippen LogP contribution in [0.2, 0.25) is 0 Å². The molecule has 1 fully saturated rings. The van der Waals surface area contributed by atoms with Crippen LogP contribution in [-0.2, 0) is 5.60 Å². The highest BCUT2D eigenvalue weighted by Crippen LogP contribution is 2.53. The van der Waals surface area contributed by atoms with Gasteiger partial charge in [-0.3, -0.25) is 0 Å². The van der Waals surface area contributed by atoms with Crippen LogP contribution in [0.25, 0.3) is 0 Å². The Balaban J connectivity index is 1.94. The Bertz CT molecular complexity index is 358. The molecule has 0 spiro atoms. The molecular weight excluding hydrogens is 212 g/mol. The highest BCUT2D eigenvalue weighted by Gasteiger charge is 2.52. The minimum atomic E-state index is -0.559. The van der Waals surface area contributed by atoms with Gasteiger partial charge in [0.05, 0.1) is 12.2 Å². The van der Waals surface area contributed by atoms with E-state index in [-0.39, 0.29) is 0 Å². The molecule has 17 heavy (non-hydrogen) atoms. The minimum absolute atomic E-state index is 0.439. The summed E-state index contributed by atoms with van der Waals surface area (Å²) >= 11 is 0. The average molecular weight is 234 g/mol. The number of hydrogen-bond acceptors (Lipinski definition) is 2. The molecule has 2 heteroatoms. The minimum Gasteiger partial charge on any atom is -0.494 e. The molecule has 1 aromatic rings. The van der Waals surface area contributed by atoms with Crippen LogP contribution in [-0.4, -0.2) is 11.7 Å². The number of hydrogen-bond donors (Lipinski definition) is 1. The van der Waals surface area contributed by atoms with Crippen LogP contribution < -0.4 is 4.74 Å². The Morgan fingerprint density at radius 2 is 2.00 bits per heavy atom. The van der Waals surface area contributed by atoms with Crippen LogP contribution in [0.1, 0.15) is 45.1 Å². The lowest BCUT2D eigenvalue weighted by Gasteiger charge is -2.11. The quantitative estimate of drug-likeness (QED) is 0.763. The Hall–Kier alpha value is -1.02. The second kappa shape index (κ2) is 5.09. The van der Waals surface area contributed by atoms with Crippen LogP contribution in [0, 0.1) is 5.92 Å². The molecule has 0 bridgehead atoms. The molecule has 0 heterocycles. The van der Waals surface area contributed by atoms with Crippen molar-refractivity contribution in [3.63, 3.8) is 0 Å². The fourth-order valence-corrected chi connectivity index (χ4v) is 2.33. The van der Waals surface area contributed by atoms with Crippen LogP contribution in [0.3, 0.4) is 0 Å². The molecule has 2 unspecified atom stereocenters. The van der Waals surface area contributed by atoms with Gasteiger partial charge in [-0.25, -0.2) is 0 Å². The summed E-state index contributed by atoms with van der Waals surface area (Å²) in [5.74, 6) is 1.34. The highest BCUT2D eigenvalue weighted by atomic mass is 16.5. The summed E-state index contributed by atoms with van der Waals surface area (Å²) in [4.78, 5) is 0. The molecule has 0 saturated heterocycles. The van der Waals surface area contributed by atoms with Gasteiger partial charge in [0.2, 0.25) is 0 Å². The molecule has 1 saturated carbocycles. The van der Waals surface area contributed by atoms with E-state index in [2.05, 4.69) is 13.8 Å². The SMILES string of the molecule is CCCCOc1ccc(C2(O)CC2CC)cc1. The third-order valence-corrected chi connectivity index (χ3v) is 3.69. The van der Waals surface area contributed by atoms with Crippen molar-refractivity contribution in [1.82, 2.24) is 0 Å². The average Bonchev–Trinajstić information content (AvgIpc) is 3.03. The lowest BCUT2D eigenvalue weighted by atomic mass is 10.0. The van der Waals surface area contributed by atoms with Gasteiger partial charge >= 0.3 is 0 Å². The molecule has 2 nitrogen and oxygen atoms in total. The van der Waals surface area contributed by atoms with Crippen LogP contribution in [0.5, 0.6) is 5.75 Å². The Morgan fingerprint density at radius 3 is 2.53 bits per heavy atom. The van der Waals surface area contributed by atoms with Crippen molar-refractivity contribution in [2.75, 3.05) is 6.61 Å². The van der Waals surface area contributed by atoms with E-state index in [1.165, 1.54) is 0 Å². The Labute approximate surface area is 104 Å². The van der Waals surface area contributed by atoms with Crippen molar-refractivity contribution >= 4 is 0 Å². The van der Waals surface area contributed by atoms with Gasteiger partial charge in [-0.1, -0.05) is 38.8 Å². The standard InChI is InChI=1S/C15H22O2/c1-3-5-10-17-14-8-6-13(7-9-14)15(16)11-12(15)4-2/h6-9,12,16H,3-5,10-11H2,1-2H3. The molecule has 2 rings (SSSR count). The first-order valence-electron chi connectivity index (χ1n) is 6.66. The summed E-state index contributed by atoms with van der Waals surface area (Å²) < 4.78 is 5.61. The van der Waals surface area contributed by atoms with Gasteiger partial charge in [0, 0.05) is 0 Å². The molecule has 0 amide bonds. The number of unbranched alkanes of at least 4 members (excludes halogenated alkanes) is 1. The molecule has 0 aromatic heterocycles. The van der Waals surface area contributed by atoms with Gasteiger partial charge in [0.25, 0.3) is 0 Å². The summed E-state index contributed by atoms with van der Waals surface area (Å²) in [6.07, 6.45) is 4.18. The number of ether oxygens (including phenoxy) is 1. The molecule has 2 atom stereocenters. The maximum atomic E-state index is 10.3. The summed E-state index contributed by atoms with van der Waals surface area (Å²) in [5, 5.41) is 10.3. The highest BCUT2D eigenvalue weighted by molar-refractivity contribution is 5.34. The largest absolute Gasteiger partial charge is 0.494 e. The van der Waals surface area contributed by atoms with Gasteiger partial charge in [-0.15, -0.1) is 0 Å². The third-order valence-electron chi connectivity index (χ3n) is 3.69. The van der Waals surface area contributed by atoms with Crippen LogP contribution in [0.4, 0.5) is 0 Å². The number of aliphatic hydroxyl groups is 1. The maximum absolute atomic E-state index is 10.3. The van der Waals surface area contributed by atoms with E-state index in [0.717, 1.165) is 43.6 Å². The van der Waals surface area contributed by atoms with E-state index < -0.39 is 5.60 Å². The van der Waals surface area contributed by atoms with E-state index in [1.807, 2.05) is 24.3 Å². The van der Waals surface area contributed by atoms with Gasteiger partial charge in [0.1, 0.15) is 5.75 Å². The van der Waals surface area contributed by atoms with Crippen LogP contribution >= 0.6 is 0 Å². The fraction of sp³-hybridized carbons (Fsp3) is 0.600. The molecule has 1 N–H and O–H groups in total. The first-order valence-corrected chi connectivity index (χ1v) is 6.66. The normalized spacial score (nSPS) is 26.9. The molecule has 1 aliphatic carbocycles. The lowest BCUT2D eigenvalue weighted by molar-refractivity contribution is 0.130. The van der Waals surface area contributed by atoms with Crippen molar-refractivity contribution in [1.29, 1.82) is 0 Å². The molecule has 94 valence electrons. The first-order chi connectivity index (χ1) is 8.20. The number of benzene rings is 1. The van der Waals surface area contributed by atoms with Crippen molar-refractivity contribution in [2.24, 2.45) is 5.92 Å². The van der Waals surface area contributed by atoms with Crippen molar-refractivity contribution in [3.8, 4) is 5.75 Å².